The van der Waals surface area contributed by atoms with Crippen LogP contribution in [0.5, 0.6) is 0 Å². The first-order valence-corrected chi connectivity index (χ1v) is 12.9. The molecule has 41 heavy (non-hydrogen) atoms. The number of carbonyl (C=O) groups is 3. The van der Waals surface area contributed by atoms with Crippen molar-refractivity contribution in [1.29, 1.82) is 0 Å². The molecule has 0 fully saturated rings. The third-order valence-corrected chi connectivity index (χ3v) is 5.64. The van der Waals surface area contributed by atoms with Gasteiger partial charge in [0.05, 0.1) is 0 Å². The van der Waals surface area contributed by atoms with Crippen LogP contribution in [0.15, 0.2) is 113 Å². The van der Waals surface area contributed by atoms with Gasteiger partial charge in [-0.05, 0) is 39.0 Å². The van der Waals surface area contributed by atoms with Crippen LogP contribution in [0.25, 0.3) is 6.08 Å². The molecule has 0 aromatic carbocycles. The van der Waals surface area contributed by atoms with E-state index >= 15 is 0 Å². The number of aliphatic carboxylic acids is 1. The maximum atomic E-state index is 12.1. The minimum atomic E-state index is -2.04. The number of nitrogens with two attached hydrogens (primary N) is 1. The quantitative estimate of drug-likeness (QED) is 0.173. The lowest BCUT2D eigenvalue weighted by Gasteiger charge is -2.17. The summed E-state index contributed by atoms with van der Waals surface area (Å²) in [7, 11) is 0. The molecule has 0 radical (unpaired) electrons. The zero-order chi connectivity index (χ0) is 30.2. The van der Waals surface area contributed by atoms with Crippen LogP contribution in [0.1, 0.15) is 26.5 Å². The summed E-state index contributed by atoms with van der Waals surface area (Å²) in [6.45, 7) is 5.47. The van der Waals surface area contributed by atoms with Gasteiger partial charge in [0.25, 0.3) is 0 Å². The fourth-order valence-corrected chi connectivity index (χ4v) is 3.36. The molecule has 1 aliphatic rings. The number of nitrogens with zero attached hydrogens (tertiary/aromatic N) is 1. The van der Waals surface area contributed by atoms with E-state index in [4.69, 9.17) is 15.6 Å². The Bertz CT molecular complexity index is 1330. The molecule has 0 saturated carbocycles. The minimum Gasteiger partial charge on any atom is -0.480 e. The Morgan fingerprint density at radius 3 is 2.27 bits per heavy atom. The lowest BCUT2D eigenvalue weighted by molar-refractivity contribution is -0.148. The van der Waals surface area contributed by atoms with Crippen LogP contribution in [-0.2, 0) is 19.1 Å². The highest BCUT2D eigenvalue weighted by Crippen LogP contribution is 2.17. The fourth-order valence-electron chi connectivity index (χ4n) is 3.36. The molecule has 216 valence electrons. The summed E-state index contributed by atoms with van der Waals surface area (Å²) in [6, 6.07) is 2.02. The number of rotatable bonds is 14. The Morgan fingerprint density at radius 2 is 1.68 bits per heavy atom. The van der Waals surface area contributed by atoms with Crippen LogP contribution in [0.2, 0.25) is 0 Å². The Morgan fingerprint density at radius 1 is 1.05 bits per heavy atom. The van der Waals surface area contributed by atoms with Crippen molar-refractivity contribution in [3.05, 3.63) is 114 Å². The second-order valence-electron chi connectivity index (χ2n) is 9.04. The third-order valence-electron chi connectivity index (χ3n) is 5.64. The van der Waals surface area contributed by atoms with Gasteiger partial charge in [-0.25, -0.2) is 9.79 Å². The molecular weight excluding hydrogens is 524 g/mol. The van der Waals surface area contributed by atoms with Gasteiger partial charge >= 0.3 is 5.97 Å². The van der Waals surface area contributed by atoms with Gasteiger partial charge in [0.15, 0.2) is 12.1 Å². The van der Waals surface area contributed by atoms with Crippen LogP contribution in [0.4, 0.5) is 0 Å². The molecule has 2 heterocycles. The monoisotopic (exact) mass is 560 g/mol. The summed E-state index contributed by atoms with van der Waals surface area (Å²) in [4.78, 5) is 42.0. The summed E-state index contributed by atoms with van der Waals surface area (Å²) in [6.07, 6.45) is 25.3. The van der Waals surface area contributed by atoms with Crippen molar-refractivity contribution in [3.8, 4) is 0 Å². The van der Waals surface area contributed by atoms with Crippen molar-refractivity contribution >= 4 is 29.8 Å². The fraction of sp³-hybridized carbons (Fsp3) is 0.226. The number of hydrogen-bond donors (Lipinski definition) is 5. The number of carboxylic acids is 1. The number of carbonyl (C=O) groups excluding carboxylic acids is 2. The summed E-state index contributed by atoms with van der Waals surface area (Å²) in [5.74, 6) is -2.96. The highest BCUT2D eigenvalue weighted by Gasteiger charge is 2.32. The molecule has 4 unspecified atom stereocenters. The van der Waals surface area contributed by atoms with Gasteiger partial charge in [-0.3, -0.25) is 9.59 Å². The maximum Gasteiger partial charge on any atom is 0.329 e. The van der Waals surface area contributed by atoms with Gasteiger partial charge in [-0.2, -0.15) is 0 Å². The second-order valence-corrected chi connectivity index (χ2v) is 9.04. The zero-order valence-corrected chi connectivity index (χ0v) is 23.2. The normalized spacial score (nSPS) is 20.0. The van der Waals surface area contributed by atoms with Crippen molar-refractivity contribution < 1.29 is 29.3 Å². The van der Waals surface area contributed by atoms with E-state index in [9.17, 15) is 19.5 Å². The number of aliphatic imine (C=N–C) groups is 1. The predicted octanol–water partition coefficient (Wildman–Crippen LogP) is 3.30. The lowest BCUT2D eigenvalue weighted by atomic mass is 10.1. The number of aliphatic hydroxyl groups is 1. The maximum absolute atomic E-state index is 12.1. The van der Waals surface area contributed by atoms with E-state index in [1.807, 2.05) is 80.8 Å². The molecular formula is C31H36N4O6. The predicted molar refractivity (Wildman–Crippen MR) is 160 cm³/mol. The minimum absolute atomic E-state index is 0.0379. The number of ether oxygens (including phenoxy) is 1. The van der Waals surface area contributed by atoms with E-state index in [0.29, 0.717) is 5.90 Å². The average Bonchev–Trinajstić information content (AvgIpc) is 3.57. The summed E-state index contributed by atoms with van der Waals surface area (Å²) < 4.78 is 5.82. The molecule has 0 saturated heterocycles. The first-order chi connectivity index (χ1) is 19.6. The van der Waals surface area contributed by atoms with Crippen molar-refractivity contribution in [2.45, 2.75) is 45.1 Å². The molecule has 10 heteroatoms. The summed E-state index contributed by atoms with van der Waals surface area (Å²) >= 11 is 0. The smallest absolute Gasteiger partial charge is 0.329 e. The molecule has 10 nitrogen and oxygen atoms in total. The number of allylic oxidation sites excluding steroid dienone is 12. The number of aromatic amines is 1. The number of carboxylic acid groups (broad SMARTS) is 1. The standard InChI is InChI=1S/C31H36N4O6/c1-21(20-25-23(3)41-26(34-25)18-17-24-16-13-19-33-24)14-11-9-7-5-4-6-8-10-12-15-22(2)30(38)35-27(31(39)40)28(36)29(32)37/h4-20,23,25,27-28,33,36H,1-3H3,(H2,32,37)(H,35,38)(H,39,40). The first kappa shape index (κ1) is 32.3. The first-order valence-electron chi connectivity index (χ1n) is 12.9. The topological polar surface area (TPSA) is 167 Å². The molecule has 1 aromatic rings. The Balaban J connectivity index is 1.78. The van der Waals surface area contributed by atoms with Gasteiger partial charge in [0.1, 0.15) is 12.1 Å². The number of H-pyrrole nitrogens is 1. The Hall–Kier alpha value is -4.96. The Kier molecular flexibility index (Phi) is 13.3. The van der Waals surface area contributed by atoms with Gasteiger partial charge in [-0.1, -0.05) is 78.5 Å². The highest BCUT2D eigenvalue weighted by atomic mass is 16.5. The molecule has 0 bridgehead atoms. The van der Waals surface area contributed by atoms with Crippen molar-refractivity contribution in [2.24, 2.45) is 10.7 Å². The second kappa shape index (κ2) is 16.9. The van der Waals surface area contributed by atoms with Gasteiger partial charge < -0.3 is 31.0 Å². The van der Waals surface area contributed by atoms with E-state index in [-0.39, 0.29) is 17.7 Å². The van der Waals surface area contributed by atoms with Gasteiger partial charge in [0.2, 0.25) is 17.7 Å². The molecule has 6 N–H and O–H groups in total. The van der Waals surface area contributed by atoms with Crippen molar-refractivity contribution in [2.75, 3.05) is 0 Å². The number of hydrogen-bond acceptors (Lipinski definition) is 6. The van der Waals surface area contributed by atoms with Crippen LogP contribution < -0.4 is 11.1 Å². The SMILES string of the molecule is CC(C=CC=CC=CC=CC=CC=C(C)C(=O)NC(C(=O)O)C(O)C(N)=O)=CC1N=C(C=Cc2ccc[nH]2)OC1C. The Labute approximate surface area is 239 Å². The molecule has 2 amide bonds. The van der Waals surface area contributed by atoms with Crippen molar-refractivity contribution in [1.82, 2.24) is 10.3 Å². The molecule has 1 aromatic heterocycles. The summed E-state index contributed by atoms with van der Waals surface area (Å²) in [5, 5.41) is 20.7. The molecule has 0 spiro atoms. The highest BCUT2D eigenvalue weighted by molar-refractivity contribution is 5.97. The molecule has 4 atom stereocenters. The number of nitrogens with one attached hydrogen (secondary N) is 2. The molecule has 1 aliphatic heterocycles. The molecule has 2 rings (SSSR count). The van der Waals surface area contributed by atoms with Crippen LogP contribution >= 0.6 is 0 Å². The van der Waals surface area contributed by atoms with Crippen molar-refractivity contribution in [3.63, 3.8) is 0 Å². The molecule has 0 aliphatic carbocycles. The summed E-state index contributed by atoms with van der Waals surface area (Å²) in [5.41, 5.74) is 7.14. The zero-order valence-electron chi connectivity index (χ0n) is 23.2. The number of aromatic nitrogens is 1. The third kappa shape index (κ3) is 11.8. The lowest BCUT2D eigenvalue weighted by Crippen LogP contribution is -2.53. The van der Waals surface area contributed by atoms with E-state index in [2.05, 4.69) is 21.4 Å². The van der Waals surface area contributed by atoms with Gasteiger partial charge in [-0.15, -0.1) is 0 Å². The number of aliphatic hydroxyl groups excluding tert-OH is 1. The van der Waals surface area contributed by atoms with Crippen LogP contribution in [0.3, 0.4) is 0 Å². The largest absolute Gasteiger partial charge is 0.480 e. The van der Waals surface area contributed by atoms with E-state index in [1.54, 1.807) is 24.3 Å². The van der Waals surface area contributed by atoms with E-state index < -0.39 is 29.9 Å². The number of primary amides is 1. The van der Waals surface area contributed by atoms with E-state index in [0.717, 1.165) is 11.3 Å². The van der Waals surface area contributed by atoms with Gasteiger partial charge in [0, 0.05) is 23.5 Å². The average molecular weight is 561 g/mol. The van der Waals surface area contributed by atoms with Crippen LogP contribution in [-0.4, -0.2) is 63.2 Å². The van der Waals surface area contributed by atoms with E-state index in [1.165, 1.54) is 13.0 Å². The van der Waals surface area contributed by atoms with Crippen LogP contribution in [0, 0.1) is 0 Å². The number of amides is 2.